The van der Waals surface area contributed by atoms with Crippen molar-refractivity contribution in [3.8, 4) is 0 Å². The van der Waals surface area contributed by atoms with E-state index in [0.29, 0.717) is 71.6 Å². The number of ketones is 2. The molecule has 5 aliphatic rings. The fourth-order valence-electron chi connectivity index (χ4n) is 8.73. The zero-order valence-corrected chi connectivity index (χ0v) is 54.6. The van der Waals surface area contributed by atoms with Crippen molar-refractivity contribution in [2.24, 2.45) is 0 Å². The average Bonchev–Trinajstić information content (AvgIpc) is 4.53. The van der Waals surface area contributed by atoms with Gasteiger partial charge in [-0.2, -0.15) is 0 Å². The maximum Gasteiger partial charge on any atom is 0.254 e. The van der Waals surface area contributed by atoms with E-state index in [1.54, 1.807) is 18.7 Å². The molecule has 0 spiro atoms. The van der Waals surface area contributed by atoms with Crippen LogP contribution < -0.4 is 5.32 Å². The molecule has 0 fully saturated rings. The van der Waals surface area contributed by atoms with E-state index in [1.165, 1.54) is 70.6 Å². The number of Topliss-reactive ketones (excluding diaryl/α,β-unsaturated/α-hetero) is 2. The molecule has 0 unspecified atom stereocenters. The van der Waals surface area contributed by atoms with Crippen molar-refractivity contribution in [1.82, 2.24) is 49.4 Å². The van der Waals surface area contributed by atoms with Crippen LogP contribution in [0.1, 0.15) is 171 Å². The maximum atomic E-state index is 12.2. The van der Waals surface area contributed by atoms with Gasteiger partial charge in [-0.1, -0.05) is 101 Å². The highest BCUT2D eigenvalue weighted by atomic mass is 16.2. The minimum Gasteiger partial charge on any atom is -0.353 e. The molecule has 496 valence electrons. The number of carbonyl (C=O) groups is 14. The van der Waals surface area contributed by atoms with Crippen molar-refractivity contribution >= 4 is 82.5 Å². The quantitative estimate of drug-likeness (QED) is 0.0767. The van der Waals surface area contributed by atoms with E-state index in [1.807, 2.05) is 11.8 Å². The molecular weight excluding hydrogens is 1140 g/mol. The smallest absolute Gasteiger partial charge is 0.254 e. The van der Waals surface area contributed by atoms with E-state index < -0.39 is 23.6 Å². The number of unbranched alkanes of at least 4 members (excludes halogenated alkanes) is 6. The van der Waals surface area contributed by atoms with E-state index in [-0.39, 0.29) is 78.6 Å². The number of hydrogen-bond acceptors (Lipinski definition) is 17. The zero-order valence-electron chi connectivity index (χ0n) is 54.6. The molecule has 5 aliphatic heterocycles. The fourth-order valence-corrected chi connectivity index (χ4v) is 8.73. The van der Waals surface area contributed by atoms with Gasteiger partial charge >= 0.3 is 0 Å². The molecule has 0 aromatic heterocycles. The third-order valence-electron chi connectivity index (χ3n) is 14.4. The molecule has 0 aromatic carbocycles. The maximum absolute atomic E-state index is 12.2. The van der Waals surface area contributed by atoms with Crippen LogP contribution in [-0.2, 0) is 67.1 Å². The monoisotopic (exact) mass is 1250 g/mol. The van der Waals surface area contributed by atoms with E-state index in [4.69, 9.17) is 0 Å². The number of carbonyl (C=O) groups excluding carboxylic acids is 14. The van der Waals surface area contributed by atoms with Gasteiger partial charge in [0.2, 0.25) is 11.8 Å². The minimum absolute atomic E-state index is 0.124. The lowest BCUT2D eigenvalue weighted by Crippen LogP contribution is -2.43. The standard InChI is InChI=1S/C16H27N3O3.C15H22N2O4.C14H22N2O3.C13H22N2O2.C7H9NO2/c1-3-5-10-18(11-6-4-2)12-9-17-14(20)13-19-15(21)7-8-16(19)22;1-3-12(18)7-9-16(10-8-13(19)4-2)11-17-14(20)5-6-15(17)21;1-3-5-9-15(10-6-4-2)14(19)11-16-12(17)7-8-13(16)18;1-3-5-9-14(10-6-4-2)11-15-12(16)7-8-13(15)17;1-2-5-8-6(9)3-4-7(8)10/h7-8H,3-6,9-13H2,1-2H3,(H,17,20);5-6H,3-4,7-11H2,1-2H3;7-8H,3-6,9-11H2,1-2H3;7-8H,3-6,9-11H2,1-2H3;3-4H,2,5H2,1H3. The molecule has 0 saturated carbocycles. The van der Waals surface area contributed by atoms with Gasteiger partial charge in [-0.05, 0) is 71.1 Å². The second-order valence-corrected chi connectivity index (χ2v) is 21.7. The Labute approximate surface area is 527 Å². The second-order valence-electron chi connectivity index (χ2n) is 21.7. The molecule has 0 atom stereocenters. The fraction of sp³-hybridized carbons (Fsp3) is 0.631. The van der Waals surface area contributed by atoms with Crippen LogP contribution in [0.2, 0.25) is 0 Å². The number of amides is 12. The number of rotatable bonds is 39. The van der Waals surface area contributed by atoms with Gasteiger partial charge in [0.05, 0.1) is 13.3 Å². The molecule has 0 saturated heterocycles. The lowest BCUT2D eigenvalue weighted by Gasteiger charge is -2.26. The summed E-state index contributed by atoms with van der Waals surface area (Å²) in [5.41, 5.74) is 0. The molecule has 89 heavy (non-hydrogen) atoms. The molecule has 5 heterocycles. The Morgan fingerprint density at radius 2 is 0.629 bits per heavy atom. The minimum atomic E-state index is -0.423. The van der Waals surface area contributed by atoms with Crippen LogP contribution in [0, 0.1) is 0 Å². The first-order valence-electron chi connectivity index (χ1n) is 32.0. The first-order chi connectivity index (χ1) is 42.6. The topological polar surface area (TPSA) is 280 Å². The Morgan fingerprint density at radius 3 is 0.955 bits per heavy atom. The summed E-state index contributed by atoms with van der Waals surface area (Å²) in [4.78, 5) is 174. The van der Waals surface area contributed by atoms with Crippen molar-refractivity contribution in [2.45, 2.75) is 171 Å². The predicted molar refractivity (Wildman–Crippen MR) is 338 cm³/mol. The highest BCUT2D eigenvalue weighted by Gasteiger charge is 2.30. The Morgan fingerprint density at radius 1 is 0.337 bits per heavy atom. The third kappa shape index (κ3) is 32.0. The SMILES string of the molecule is CCC(=O)CCN(CCC(=O)CC)CN1C(=O)C=CC1=O.CCCCN(CCCC)C(=O)CN1C(=O)C=CC1=O.CCCCN(CCCC)CCNC(=O)CN1C(=O)C=CC1=O.CCCCN(CCCC)CN1C(=O)C=CC1=O.CCCN1C(=O)C=CC1=O. The van der Waals surface area contributed by atoms with E-state index in [0.717, 1.165) is 131 Å². The summed E-state index contributed by atoms with van der Waals surface area (Å²) in [6.45, 7) is 26.6. The molecule has 0 radical (unpaired) electrons. The molecular formula is C65H102N10O14. The van der Waals surface area contributed by atoms with Crippen molar-refractivity contribution < 1.29 is 67.1 Å². The largest absolute Gasteiger partial charge is 0.353 e. The molecule has 0 bridgehead atoms. The summed E-state index contributed by atoms with van der Waals surface area (Å²) in [6, 6.07) is 0. The second kappa shape index (κ2) is 46.6. The van der Waals surface area contributed by atoms with Crippen LogP contribution in [0.3, 0.4) is 0 Å². The molecule has 1 N–H and O–H groups in total. The van der Waals surface area contributed by atoms with Gasteiger partial charge in [-0.25, -0.2) is 0 Å². The van der Waals surface area contributed by atoms with Crippen molar-refractivity contribution in [3.05, 3.63) is 60.8 Å². The lowest BCUT2D eigenvalue weighted by molar-refractivity contribution is -0.144. The number of hydrogen-bond donors (Lipinski definition) is 1. The van der Waals surface area contributed by atoms with Crippen LogP contribution in [0.15, 0.2) is 60.8 Å². The molecule has 0 aliphatic carbocycles. The van der Waals surface area contributed by atoms with Gasteiger partial charge in [0.1, 0.15) is 24.7 Å². The Bertz CT molecular complexity index is 2390. The summed E-state index contributed by atoms with van der Waals surface area (Å²) in [5.74, 6) is -3.29. The predicted octanol–water partition coefficient (Wildman–Crippen LogP) is 5.27. The van der Waals surface area contributed by atoms with Crippen LogP contribution in [-0.4, -0.2) is 225 Å². The number of nitrogens with one attached hydrogen (secondary N) is 1. The Balaban J connectivity index is 0.000000566. The molecule has 24 heteroatoms. The van der Waals surface area contributed by atoms with Gasteiger partial charge in [0.25, 0.3) is 59.1 Å². The van der Waals surface area contributed by atoms with E-state index in [9.17, 15) is 67.1 Å². The van der Waals surface area contributed by atoms with E-state index in [2.05, 4.69) is 56.7 Å². The van der Waals surface area contributed by atoms with Gasteiger partial charge in [-0.3, -0.25) is 101 Å². The van der Waals surface area contributed by atoms with Crippen LogP contribution in [0.4, 0.5) is 0 Å². The highest BCUT2D eigenvalue weighted by molar-refractivity contribution is 6.16. The number of imide groups is 5. The average molecular weight is 1250 g/mol. The third-order valence-corrected chi connectivity index (χ3v) is 14.4. The van der Waals surface area contributed by atoms with Gasteiger partial charge in [0, 0.05) is 132 Å². The molecule has 24 nitrogen and oxygen atoms in total. The molecule has 0 aromatic rings. The van der Waals surface area contributed by atoms with Gasteiger partial charge < -0.3 is 15.1 Å². The van der Waals surface area contributed by atoms with Crippen molar-refractivity contribution in [1.29, 1.82) is 0 Å². The van der Waals surface area contributed by atoms with Crippen LogP contribution in [0.5, 0.6) is 0 Å². The molecule has 12 amide bonds. The Hall–Kier alpha value is -7.44. The highest BCUT2D eigenvalue weighted by Crippen LogP contribution is 2.11. The number of nitrogens with zero attached hydrogens (tertiary/aromatic N) is 9. The Kier molecular flexibility index (Phi) is 41.7. The van der Waals surface area contributed by atoms with Crippen LogP contribution in [0.25, 0.3) is 0 Å². The zero-order chi connectivity index (χ0) is 66.7. The summed E-state index contributed by atoms with van der Waals surface area (Å²) >= 11 is 0. The first kappa shape index (κ1) is 79.6. The summed E-state index contributed by atoms with van der Waals surface area (Å²) in [5, 5.41) is 2.78. The molecule has 5 rings (SSSR count). The summed E-state index contributed by atoms with van der Waals surface area (Å²) < 4.78 is 0. The summed E-state index contributed by atoms with van der Waals surface area (Å²) in [7, 11) is 0. The van der Waals surface area contributed by atoms with E-state index >= 15 is 0 Å². The first-order valence-corrected chi connectivity index (χ1v) is 32.0. The van der Waals surface area contributed by atoms with Crippen molar-refractivity contribution in [2.75, 3.05) is 98.4 Å². The van der Waals surface area contributed by atoms with Gasteiger partial charge in [0.15, 0.2) is 0 Å². The lowest BCUT2D eigenvalue weighted by atomic mass is 10.2. The van der Waals surface area contributed by atoms with Gasteiger partial charge in [-0.15, -0.1) is 0 Å². The summed E-state index contributed by atoms with van der Waals surface area (Å²) in [6.07, 6.45) is 28.0. The normalized spacial score (nSPS) is 14.8. The van der Waals surface area contributed by atoms with Crippen molar-refractivity contribution in [3.63, 3.8) is 0 Å². The van der Waals surface area contributed by atoms with Crippen LogP contribution >= 0.6 is 0 Å².